The van der Waals surface area contributed by atoms with Gasteiger partial charge < -0.3 is 11.5 Å². The van der Waals surface area contributed by atoms with Gasteiger partial charge >= 0.3 is 0 Å². The first-order chi connectivity index (χ1) is 9.72. The number of anilines is 2. The van der Waals surface area contributed by atoms with Crippen LogP contribution in [0.3, 0.4) is 0 Å². The van der Waals surface area contributed by atoms with Crippen molar-refractivity contribution in [2.75, 3.05) is 11.5 Å². The van der Waals surface area contributed by atoms with E-state index in [1.54, 1.807) is 0 Å². The Morgan fingerprint density at radius 3 is 1.90 bits per heavy atom. The van der Waals surface area contributed by atoms with Crippen LogP contribution in [-0.2, 0) is 0 Å². The van der Waals surface area contributed by atoms with Crippen molar-refractivity contribution in [2.45, 2.75) is 0 Å². The maximum atomic E-state index is 5.80. The summed E-state index contributed by atoms with van der Waals surface area (Å²) < 4.78 is 0. The van der Waals surface area contributed by atoms with Crippen LogP contribution in [0.5, 0.6) is 0 Å². The highest BCUT2D eigenvalue weighted by Crippen LogP contribution is 2.24. The Morgan fingerprint density at radius 2 is 1.30 bits per heavy atom. The van der Waals surface area contributed by atoms with Gasteiger partial charge in [-0.15, -0.1) is 0 Å². The summed E-state index contributed by atoms with van der Waals surface area (Å²) in [5, 5.41) is 0. The Morgan fingerprint density at radius 1 is 0.650 bits per heavy atom. The van der Waals surface area contributed by atoms with E-state index in [-0.39, 0.29) is 0 Å². The van der Waals surface area contributed by atoms with Crippen LogP contribution < -0.4 is 11.5 Å². The summed E-state index contributed by atoms with van der Waals surface area (Å²) in [5.41, 5.74) is 17.1. The molecule has 3 heteroatoms. The summed E-state index contributed by atoms with van der Waals surface area (Å²) in [5.74, 6) is 0. The average molecular weight is 261 g/mol. The van der Waals surface area contributed by atoms with E-state index in [1.165, 1.54) is 0 Å². The predicted molar refractivity (Wildman–Crippen MR) is 83.9 cm³/mol. The van der Waals surface area contributed by atoms with Gasteiger partial charge in [0.15, 0.2) is 0 Å². The molecule has 4 N–H and O–H groups in total. The fraction of sp³-hybridized carbons (Fsp3) is 0. The Labute approximate surface area is 117 Å². The Hall–Kier alpha value is -2.81. The third-order valence-corrected chi connectivity index (χ3v) is 3.17. The van der Waals surface area contributed by atoms with E-state index in [4.69, 9.17) is 11.5 Å². The topological polar surface area (TPSA) is 64.9 Å². The van der Waals surface area contributed by atoms with E-state index in [2.05, 4.69) is 4.98 Å². The molecule has 0 radical (unpaired) electrons. The number of hydrogen-bond donors (Lipinski definition) is 2. The van der Waals surface area contributed by atoms with E-state index >= 15 is 0 Å². The third-order valence-electron chi connectivity index (χ3n) is 3.17. The number of rotatable bonds is 2. The van der Waals surface area contributed by atoms with Gasteiger partial charge in [0.2, 0.25) is 0 Å². The van der Waals surface area contributed by atoms with Crippen LogP contribution in [0.25, 0.3) is 22.4 Å². The molecule has 2 aromatic carbocycles. The standard InChI is InChI=1S/C17H15N3/c18-15-5-1-3-12(9-15)14-7-8-17(20-11-14)13-4-2-6-16(19)10-13/h1-11H,18-19H2. The highest BCUT2D eigenvalue weighted by Gasteiger charge is 2.02. The van der Waals surface area contributed by atoms with Gasteiger partial charge in [-0.05, 0) is 35.9 Å². The summed E-state index contributed by atoms with van der Waals surface area (Å²) >= 11 is 0. The zero-order valence-corrected chi connectivity index (χ0v) is 11.0. The maximum Gasteiger partial charge on any atom is 0.0703 e. The molecule has 0 atom stereocenters. The Bertz CT molecular complexity index is 669. The third kappa shape index (κ3) is 2.47. The minimum atomic E-state index is 0.740. The maximum absolute atomic E-state index is 5.80. The van der Waals surface area contributed by atoms with Crippen LogP contribution >= 0.6 is 0 Å². The zero-order valence-electron chi connectivity index (χ0n) is 11.0. The predicted octanol–water partition coefficient (Wildman–Crippen LogP) is 3.58. The number of aromatic nitrogens is 1. The normalized spacial score (nSPS) is 10.4. The monoisotopic (exact) mass is 261 g/mol. The summed E-state index contributed by atoms with van der Waals surface area (Å²) in [6, 6.07) is 19.5. The lowest BCUT2D eigenvalue weighted by molar-refractivity contribution is 1.33. The first-order valence-electron chi connectivity index (χ1n) is 6.40. The molecule has 3 nitrogen and oxygen atoms in total. The minimum Gasteiger partial charge on any atom is -0.399 e. The summed E-state index contributed by atoms with van der Waals surface area (Å²) in [6.45, 7) is 0. The molecular formula is C17H15N3. The van der Waals surface area contributed by atoms with E-state index in [1.807, 2.05) is 66.9 Å². The molecule has 0 fully saturated rings. The second-order valence-electron chi connectivity index (χ2n) is 4.68. The molecule has 0 aliphatic heterocycles. The molecule has 98 valence electrons. The number of pyridine rings is 1. The number of hydrogen-bond acceptors (Lipinski definition) is 3. The largest absolute Gasteiger partial charge is 0.399 e. The molecule has 0 bridgehead atoms. The van der Waals surface area contributed by atoms with Crippen molar-refractivity contribution >= 4 is 11.4 Å². The van der Waals surface area contributed by atoms with Gasteiger partial charge in [-0.25, -0.2) is 0 Å². The first-order valence-corrected chi connectivity index (χ1v) is 6.40. The molecule has 0 aliphatic carbocycles. The molecule has 0 amide bonds. The lowest BCUT2D eigenvalue weighted by Crippen LogP contribution is -1.89. The minimum absolute atomic E-state index is 0.740. The number of nitrogen functional groups attached to an aromatic ring is 2. The fourth-order valence-corrected chi connectivity index (χ4v) is 2.15. The number of nitrogens with two attached hydrogens (primary N) is 2. The van der Waals surface area contributed by atoms with Gasteiger partial charge in [0.25, 0.3) is 0 Å². The fourth-order valence-electron chi connectivity index (χ4n) is 2.15. The molecule has 0 aliphatic rings. The van der Waals surface area contributed by atoms with Crippen molar-refractivity contribution in [2.24, 2.45) is 0 Å². The van der Waals surface area contributed by atoms with Crippen molar-refractivity contribution in [3.8, 4) is 22.4 Å². The molecule has 1 heterocycles. The van der Waals surface area contributed by atoms with Gasteiger partial charge in [0, 0.05) is 28.7 Å². The van der Waals surface area contributed by atoms with Crippen LogP contribution in [0.15, 0.2) is 66.9 Å². The van der Waals surface area contributed by atoms with Crippen LogP contribution in [0, 0.1) is 0 Å². The molecule has 20 heavy (non-hydrogen) atoms. The van der Waals surface area contributed by atoms with Crippen molar-refractivity contribution in [3.05, 3.63) is 66.9 Å². The van der Waals surface area contributed by atoms with Crippen molar-refractivity contribution in [1.82, 2.24) is 4.98 Å². The number of nitrogens with zero attached hydrogens (tertiary/aromatic N) is 1. The molecule has 0 unspecified atom stereocenters. The lowest BCUT2D eigenvalue weighted by atomic mass is 10.1. The van der Waals surface area contributed by atoms with Crippen LogP contribution in [-0.4, -0.2) is 4.98 Å². The molecular weight excluding hydrogens is 246 g/mol. The van der Waals surface area contributed by atoms with Crippen molar-refractivity contribution < 1.29 is 0 Å². The number of benzene rings is 2. The van der Waals surface area contributed by atoms with Gasteiger partial charge in [0.1, 0.15) is 0 Å². The smallest absolute Gasteiger partial charge is 0.0703 e. The van der Waals surface area contributed by atoms with Gasteiger partial charge in [0.05, 0.1) is 5.69 Å². The molecule has 3 rings (SSSR count). The van der Waals surface area contributed by atoms with E-state index in [9.17, 15) is 0 Å². The van der Waals surface area contributed by atoms with Gasteiger partial charge in [-0.3, -0.25) is 4.98 Å². The second-order valence-corrected chi connectivity index (χ2v) is 4.68. The summed E-state index contributed by atoms with van der Waals surface area (Å²) in [6.07, 6.45) is 1.85. The van der Waals surface area contributed by atoms with Crippen molar-refractivity contribution in [3.63, 3.8) is 0 Å². The van der Waals surface area contributed by atoms with Crippen LogP contribution in [0.1, 0.15) is 0 Å². The molecule has 1 aromatic heterocycles. The lowest BCUT2D eigenvalue weighted by Gasteiger charge is -2.05. The van der Waals surface area contributed by atoms with E-state index in [0.717, 1.165) is 33.8 Å². The SMILES string of the molecule is Nc1cccc(-c2ccc(-c3cccc(N)c3)nc2)c1. The highest BCUT2D eigenvalue weighted by atomic mass is 14.7. The quantitative estimate of drug-likeness (QED) is 0.693. The van der Waals surface area contributed by atoms with Crippen molar-refractivity contribution in [1.29, 1.82) is 0 Å². The zero-order chi connectivity index (χ0) is 13.9. The molecule has 3 aromatic rings. The average Bonchev–Trinajstić information content (AvgIpc) is 2.47. The van der Waals surface area contributed by atoms with Crippen LogP contribution in [0.4, 0.5) is 11.4 Å². The van der Waals surface area contributed by atoms with E-state index < -0.39 is 0 Å². The van der Waals surface area contributed by atoms with Gasteiger partial charge in [-0.1, -0.05) is 30.3 Å². The first kappa shape index (κ1) is 12.2. The Balaban J connectivity index is 1.96. The van der Waals surface area contributed by atoms with Gasteiger partial charge in [-0.2, -0.15) is 0 Å². The second kappa shape index (κ2) is 5.05. The molecule has 0 spiro atoms. The highest BCUT2D eigenvalue weighted by molar-refractivity contribution is 5.70. The molecule has 0 saturated carbocycles. The summed E-state index contributed by atoms with van der Waals surface area (Å²) in [7, 11) is 0. The molecule has 0 saturated heterocycles. The van der Waals surface area contributed by atoms with Crippen LogP contribution in [0.2, 0.25) is 0 Å². The Kier molecular flexibility index (Phi) is 3.09. The summed E-state index contributed by atoms with van der Waals surface area (Å²) in [4.78, 5) is 4.50. The van der Waals surface area contributed by atoms with E-state index in [0.29, 0.717) is 0 Å².